The molecule has 1 N–H and O–H groups in total. The summed E-state index contributed by atoms with van der Waals surface area (Å²) in [5.74, 6) is -0.324. The molecule has 2 atom stereocenters. The summed E-state index contributed by atoms with van der Waals surface area (Å²) in [6, 6.07) is 17.3. The van der Waals surface area contributed by atoms with Crippen molar-refractivity contribution >= 4 is 28.7 Å². The molecule has 8 heteroatoms. The Balaban J connectivity index is 1.48. The predicted octanol–water partition coefficient (Wildman–Crippen LogP) is 2.15. The first-order valence-corrected chi connectivity index (χ1v) is 10.4. The van der Waals surface area contributed by atoms with E-state index in [9.17, 15) is 14.1 Å². The fourth-order valence-electron chi connectivity index (χ4n) is 3.23. The molecule has 1 aromatic heterocycles. The molecule has 29 heavy (non-hydrogen) atoms. The number of aromatic nitrogens is 1. The summed E-state index contributed by atoms with van der Waals surface area (Å²) in [4.78, 5) is 27.4. The van der Waals surface area contributed by atoms with Crippen molar-refractivity contribution in [2.75, 3.05) is 17.7 Å². The first kappa shape index (κ1) is 19.2. The Labute approximate surface area is 170 Å². The highest BCUT2D eigenvalue weighted by Crippen LogP contribution is 2.29. The number of likely N-dealkylation sites (N-methyl/N-ethyl adjacent to an activating group) is 1. The van der Waals surface area contributed by atoms with Gasteiger partial charge in [0.1, 0.15) is 11.5 Å². The van der Waals surface area contributed by atoms with Gasteiger partial charge in [-0.05, 0) is 28.9 Å². The molecule has 0 unspecified atom stereocenters. The zero-order valence-corrected chi connectivity index (χ0v) is 16.5. The smallest absolute Gasteiger partial charge is 0.274 e. The van der Waals surface area contributed by atoms with Gasteiger partial charge in [-0.1, -0.05) is 47.6 Å². The van der Waals surface area contributed by atoms with Gasteiger partial charge in [-0.3, -0.25) is 9.59 Å². The summed E-state index contributed by atoms with van der Waals surface area (Å²) < 4.78 is 17.9. The van der Waals surface area contributed by atoms with Crippen LogP contribution in [0.2, 0.25) is 0 Å². The van der Waals surface area contributed by atoms with Gasteiger partial charge >= 0.3 is 0 Å². The molecule has 2 aromatic carbocycles. The van der Waals surface area contributed by atoms with Gasteiger partial charge in [0.2, 0.25) is 0 Å². The van der Waals surface area contributed by atoms with E-state index in [0.717, 1.165) is 5.56 Å². The molecule has 4 rings (SSSR count). The lowest BCUT2D eigenvalue weighted by atomic mass is 10.1. The van der Waals surface area contributed by atoms with E-state index < -0.39 is 23.1 Å². The lowest BCUT2D eigenvalue weighted by molar-refractivity contribution is -0.119. The van der Waals surface area contributed by atoms with Gasteiger partial charge in [-0.25, -0.2) is 0 Å². The number of fused-ring (bicyclic) bond motifs is 1. The van der Waals surface area contributed by atoms with Gasteiger partial charge in [0, 0.05) is 19.5 Å². The number of nitrogens with zero attached hydrogens (tertiary/aromatic N) is 2. The summed E-state index contributed by atoms with van der Waals surface area (Å²) in [7, 11) is 1.61. The largest absolute Gasteiger partial charge is 0.611 e. The quantitative estimate of drug-likeness (QED) is 0.666. The SMILES string of the molecule is CN1C(=O)[C@@H](NC(=O)c2cc(Cc3ccccc3)on2)C[S@+]([O-])c2ccccc21. The molecule has 0 aliphatic carbocycles. The summed E-state index contributed by atoms with van der Waals surface area (Å²) in [6.07, 6.45) is 0.505. The minimum Gasteiger partial charge on any atom is -0.611 e. The van der Waals surface area contributed by atoms with E-state index in [1.807, 2.05) is 30.3 Å². The third-order valence-electron chi connectivity index (χ3n) is 4.74. The molecule has 0 radical (unpaired) electrons. The maximum atomic E-state index is 12.8. The molecular formula is C21H19N3O4S. The van der Waals surface area contributed by atoms with Crippen LogP contribution in [0.5, 0.6) is 0 Å². The fraction of sp³-hybridized carbons (Fsp3) is 0.190. The van der Waals surface area contributed by atoms with Crippen molar-refractivity contribution in [3.05, 3.63) is 77.7 Å². The molecule has 0 spiro atoms. The second kappa shape index (κ2) is 8.10. The average molecular weight is 409 g/mol. The summed E-state index contributed by atoms with van der Waals surface area (Å²) >= 11 is -1.42. The van der Waals surface area contributed by atoms with Crippen LogP contribution in [0.15, 0.2) is 70.1 Å². The van der Waals surface area contributed by atoms with E-state index in [1.165, 1.54) is 4.90 Å². The zero-order chi connectivity index (χ0) is 20.4. The van der Waals surface area contributed by atoms with Gasteiger partial charge in [0.05, 0.1) is 5.69 Å². The molecule has 2 heterocycles. The second-order valence-corrected chi connectivity index (χ2v) is 8.21. The van der Waals surface area contributed by atoms with E-state index in [2.05, 4.69) is 10.5 Å². The predicted molar refractivity (Wildman–Crippen MR) is 108 cm³/mol. The number of carbonyl (C=O) groups is 2. The van der Waals surface area contributed by atoms with Crippen molar-refractivity contribution in [2.24, 2.45) is 0 Å². The Hall–Kier alpha value is -3.10. The van der Waals surface area contributed by atoms with E-state index in [-0.39, 0.29) is 17.4 Å². The normalized spacial score (nSPS) is 18.8. The molecule has 7 nitrogen and oxygen atoms in total. The average Bonchev–Trinajstić information content (AvgIpc) is 3.18. The summed E-state index contributed by atoms with van der Waals surface area (Å²) in [6.45, 7) is 0. The minimum absolute atomic E-state index is 0.000645. The summed E-state index contributed by atoms with van der Waals surface area (Å²) in [5, 5.41) is 6.47. The van der Waals surface area contributed by atoms with Crippen LogP contribution >= 0.6 is 0 Å². The molecule has 1 aliphatic rings. The van der Waals surface area contributed by atoms with Crippen LogP contribution in [0.3, 0.4) is 0 Å². The van der Waals surface area contributed by atoms with Crippen molar-refractivity contribution in [3.63, 3.8) is 0 Å². The van der Waals surface area contributed by atoms with Crippen molar-refractivity contribution < 1.29 is 18.7 Å². The van der Waals surface area contributed by atoms with Gasteiger partial charge in [-0.15, -0.1) is 0 Å². The third kappa shape index (κ3) is 4.03. The van der Waals surface area contributed by atoms with E-state index >= 15 is 0 Å². The number of benzene rings is 2. The number of nitrogens with one attached hydrogen (secondary N) is 1. The maximum Gasteiger partial charge on any atom is 0.274 e. The molecule has 0 saturated heterocycles. The van der Waals surface area contributed by atoms with Gasteiger partial charge in [-0.2, -0.15) is 0 Å². The van der Waals surface area contributed by atoms with E-state index in [0.29, 0.717) is 22.8 Å². The molecule has 3 aromatic rings. The molecular weight excluding hydrogens is 390 g/mol. The lowest BCUT2D eigenvalue weighted by Crippen LogP contribution is -2.49. The highest BCUT2D eigenvalue weighted by molar-refractivity contribution is 7.91. The van der Waals surface area contributed by atoms with E-state index in [1.54, 1.807) is 37.4 Å². The van der Waals surface area contributed by atoms with Crippen LogP contribution < -0.4 is 10.2 Å². The van der Waals surface area contributed by atoms with Crippen LogP contribution in [-0.4, -0.2) is 40.4 Å². The Morgan fingerprint density at radius 3 is 2.76 bits per heavy atom. The maximum absolute atomic E-state index is 12.8. The van der Waals surface area contributed by atoms with Crippen LogP contribution in [0.1, 0.15) is 21.8 Å². The second-order valence-electron chi connectivity index (χ2n) is 6.74. The van der Waals surface area contributed by atoms with Gasteiger partial charge < -0.3 is 19.3 Å². The first-order chi connectivity index (χ1) is 14.0. The number of amides is 2. The van der Waals surface area contributed by atoms with Crippen LogP contribution in [0.4, 0.5) is 5.69 Å². The topological polar surface area (TPSA) is 98.5 Å². The molecule has 0 fully saturated rings. The number of hydrogen-bond donors (Lipinski definition) is 1. The lowest BCUT2D eigenvalue weighted by Gasteiger charge is -2.19. The molecule has 0 bridgehead atoms. The number of rotatable bonds is 4. The Morgan fingerprint density at radius 2 is 1.97 bits per heavy atom. The monoisotopic (exact) mass is 409 g/mol. The van der Waals surface area contributed by atoms with Gasteiger partial charge in [0.15, 0.2) is 16.6 Å². The van der Waals surface area contributed by atoms with Crippen molar-refractivity contribution in [1.29, 1.82) is 0 Å². The van der Waals surface area contributed by atoms with Crippen molar-refractivity contribution in [2.45, 2.75) is 17.4 Å². The number of carbonyl (C=O) groups excluding carboxylic acids is 2. The van der Waals surface area contributed by atoms with Gasteiger partial charge in [0.25, 0.3) is 11.8 Å². The Morgan fingerprint density at radius 1 is 1.24 bits per heavy atom. The molecule has 2 amide bonds. The highest BCUT2D eigenvalue weighted by Gasteiger charge is 2.37. The van der Waals surface area contributed by atoms with Crippen molar-refractivity contribution in [3.8, 4) is 0 Å². The van der Waals surface area contributed by atoms with E-state index in [4.69, 9.17) is 4.52 Å². The minimum atomic E-state index is -1.42. The molecule has 1 aliphatic heterocycles. The zero-order valence-electron chi connectivity index (χ0n) is 15.7. The first-order valence-electron chi connectivity index (χ1n) is 9.08. The Bertz CT molecular complexity index is 1040. The number of para-hydroxylation sites is 1. The number of hydrogen-bond acceptors (Lipinski definition) is 5. The molecule has 148 valence electrons. The summed E-state index contributed by atoms with van der Waals surface area (Å²) in [5.41, 5.74) is 1.70. The number of anilines is 1. The van der Waals surface area contributed by atoms with Crippen LogP contribution in [-0.2, 0) is 22.4 Å². The standard InChI is InChI=1S/C21H19N3O4S/c1-24-18-9-5-6-10-19(18)29(27)13-17(21(24)26)22-20(25)16-12-15(28-23-16)11-14-7-3-2-4-8-14/h2-10,12,17H,11,13H2,1H3,(H,22,25)/t17-,29-/m0/s1. The highest BCUT2D eigenvalue weighted by atomic mass is 32.2. The van der Waals surface area contributed by atoms with Crippen molar-refractivity contribution in [1.82, 2.24) is 10.5 Å². The fourth-order valence-corrected chi connectivity index (χ4v) is 4.60. The van der Waals surface area contributed by atoms with Crippen LogP contribution in [0.25, 0.3) is 0 Å². The third-order valence-corrected chi connectivity index (χ3v) is 6.21. The Kier molecular flexibility index (Phi) is 5.37. The van der Waals surface area contributed by atoms with Crippen LogP contribution in [0, 0.1) is 0 Å². The molecule has 0 saturated carbocycles.